The zero-order valence-electron chi connectivity index (χ0n) is 19.7. The summed E-state index contributed by atoms with van der Waals surface area (Å²) in [6.07, 6.45) is 4.43. The van der Waals surface area contributed by atoms with Gasteiger partial charge in [0.2, 0.25) is 5.89 Å². The molecule has 9 nitrogen and oxygen atoms in total. The number of amides is 2. The third kappa shape index (κ3) is 4.86. The molecule has 0 radical (unpaired) electrons. The molecule has 0 spiro atoms. The van der Waals surface area contributed by atoms with Gasteiger partial charge in [-0.25, -0.2) is 4.98 Å². The Balaban J connectivity index is 1.49. The molecule has 2 saturated carbocycles. The molecule has 2 aliphatic carbocycles. The molecule has 2 aromatic heterocycles. The van der Waals surface area contributed by atoms with Gasteiger partial charge in [-0.05, 0) is 49.9 Å². The lowest BCUT2D eigenvalue weighted by molar-refractivity contribution is -0.118. The van der Waals surface area contributed by atoms with Gasteiger partial charge in [-0.3, -0.25) is 14.3 Å². The van der Waals surface area contributed by atoms with Crippen molar-refractivity contribution in [3.05, 3.63) is 51.7 Å². The van der Waals surface area contributed by atoms with Crippen molar-refractivity contribution in [2.45, 2.75) is 63.5 Å². The molecule has 0 atom stereocenters. The second kappa shape index (κ2) is 8.34. The highest BCUT2D eigenvalue weighted by Crippen LogP contribution is 2.37. The quantitative estimate of drug-likeness (QED) is 0.450. The molecule has 0 bridgehead atoms. The van der Waals surface area contributed by atoms with E-state index in [1.807, 2.05) is 26.8 Å². The number of nitrogens with zero attached hydrogens (tertiary/aromatic N) is 4. The smallest absolute Gasteiger partial charge is 0.274 e. The molecule has 180 valence electrons. The molecular formula is C25H25BrN6O3. The first-order chi connectivity index (χ1) is 16.6. The average Bonchev–Trinajstić information content (AvgIpc) is 3.70. The Hall–Kier alpha value is -3.45. The molecule has 1 aromatic carbocycles. The Morgan fingerprint density at radius 2 is 2.03 bits per heavy atom. The zero-order chi connectivity index (χ0) is 25.0. The molecule has 2 aliphatic rings. The number of hydrogen-bond donors (Lipinski definition) is 2. The number of fused-ring (bicyclic) bond motifs is 1. The topological polar surface area (TPSA) is 126 Å². The summed E-state index contributed by atoms with van der Waals surface area (Å²) in [5, 5.41) is 19.6. The summed E-state index contributed by atoms with van der Waals surface area (Å²) in [7, 11) is 0. The number of carbonyl (C=O) groups excluding carboxylic acids is 2. The predicted octanol–water partition coefficient (Wildman–Crippen LogP) is 4.36. The Bertz CT molecular complexity index is 1410. The zero-order valence-corrected chi connectivity index (χ0v) is 21.3. The first-order valence-corrected chi connectivity index (χ1v) is 12.3. The van der Waals surface area contributed by atoms with Crippen LogP contribution in [0.25, 0.3) is 17.2 Å². The number of hydrogen-bond acceptors (Lipinski definition) is 6. The standard InChI is InChI=1S/C25H25BrN6O3/c1-24(2,3)20-12-18(32(31-20)15-5-6-15)23(34)29-17(22(33)30-25(13-27)8-9-25)11-21-28-16-7-4-14(26)10-19(16)35-21/h4,7,10-12,15H,5-6,8-9H2,1-3H3,(H,29,34)(H,30,33). The molecule has 3 aromatic rings. The third-order valence-corrected chi connectivity index (χ3v) is 6.57. The lowest BCUT2D eigenvalue weighted by Crippen LogP contribution is -2.41. The number of halogens is 1. The fourth-order valence-electron chi connectivity index (χ4n) is 3.65. The fraction of sp³-hybridized carbons (Fsp3) is 0.400. The van der Waals surface area contributed by atoms with Crippen LogP contribution in [0.1, 0.15) is 74.6 Å². The summed E-state index contributed by atoms with van der Waals surface area (Å²) in [6, 6.07) is 9.49. The summed E-state index contributed by atoms with van der Waals surface area (Å²) in [5.41, 5.74) is 1.15. The van der Waals surface area contributed by atoms with Crippen molar-refractivity contribution in [2.24, 2.45) is 0 Å². The monoisotopic (exact) mass is 536 g/mol. The molecule has 0 saturated heterocycles. The van der Waals surface area contributed by atoms with Gasteiger partial charge in [0.05, 0.1) is 17.8 Å². The van der Waals surface area contributed by atoms with Crippen LogP contribution in [0.4, 0.5) is 0 Å². The van der Waals surface area contributed by atoms with Crippen molar-refractivity contribution >= 4 is 44.9 Å². The SMILES string of the molecule is CC(C)(C)c1cc(C(=O)NC(=Cc2nc3ccc(Br)cc3o2)C(=O)NC2(C#N)CC2)n(C2CC2)n1. The van der Waals surface area contributed by atoms with Crippen molar-refractivity contribution < 1.29 is 14.0 Å². The highest BCUT2D eigenvalue weighted by molar-refractivity contribution is 9.10. The molecule has 2 N–H and O–H groups in total. The number of nitrogens with one attached hydrogen (secondary N) is 2. The fourth-order valence-corrected chi connectivity index (χ4v) is 3.99. The maximum Gasteiger partial charge on any atom is 0.274 e. The number of benzene rings is 1. The third-order valence-electron chi connectivity index (χ3n) is 6.07. The Kier molecular flexibility index (Phi) is 5.55. The minimum Gasteiger partial charge on any atom is -0.437 e. The van der Waals surface area contributed by atoms with Crippen molar-refractivity contribution in [1.29, 1.82) is 5.26 Å². The summed E-state index contributed by atoms with van der Waals surface area (Å²) in [5.74, 6) is -0.868. The predicted molar refractivity (Wildman–Crippen MR) is 132 cm³/mol. The molecular weight excluding hydrogens is 512 g/mol. The summed E-state index contributed by atoms with van der Waals surface area (Å²) in [6.45, 7) is 6.11. The Labute approximate surface area is 210 Å². The molecule has 10 heteroatoms. The minimum absolute atomic E-state index is 0.0528. The first kappa shape index (κ1) is 23.3. The normalized spacial score (nSPS) is 17.2. The van der Waals surface area contributed by atoms with Gasteiger partial charge in [0.1, 0.15) is 22.4 Å². The number of carbonyl (C=O) groups is 2. The van der Waals surface area contributed by atoms with Crippen LogP contribution < -0.4 is 10.6 Å². The van der Waals surface area contributed by atoms with Crippen LogP contribution in [0.5, 0.6) is 0 Å². The highest BCUT2D eigenvalue weighted by Gasteiger charge is 2.45. The van der Waals surface area contributed by atoms with Gasteiger partial charge < -0.3 is 15.1 Å². The lowest BCUT2D eigenvalue weighted by Gasteiger charge is -2.14. The van der Waals surface area contributed by atoms with Crippen LogP contribution >= 0.6 is 15.9 Å². The average molecular weight is 537 g/mol. The van der Waals surface area contributed by atoms with E-state index in [0.29, 0.717) is 29.6 Å². The van der Waals surface area contributed by atoms with Crippen LogP contribution in [0.3, 0.4) is 0 Å². The number of nitriles is 1. The van der Waals surface area contributed by atoms with E-state index in [0.717, 1.165) is 23.0 Å². The second-order valence-electron chi connectivity index (χ2n) is 10.2. The van der Waals surface area contributed by atoms with Crippen LogP contribution in [0, 0.1) is 11.3 Å². The summed E-state index contributed by atoms with van der Waals surface area (Å²) < 4.78 is 8.36. The van der Waals surface area contributed by atoms with E-state index in [9.17, 15) is 14.9 Å². The minimum atomic E-state index is -0.901. The first-order valence-electron chi connectivity index (χ1n) is 11.5. The van der Waals surface area contributed by atoms with Crippen LogP contribution in [0.2, 0.25) is 0 Å². The van der Waals surface area contributed by atoms with Crippen LogP contribution in [-0.2, 0) is 10.2 Å². The number of rotatable bonds is 6. The second-order valence-corrected chi connectivity index (χ2v) is 11.1. The molecule has 2 amide bonds. The van der Waals surface area contributed by atoms with Gasteiger partial charge in [0, 0.05) is 16.0 Å². The number of oxazole rings is 1. The lowest BCUT2D eigenvalue weighted by atomic mass is 9.92. The maximum atomic E-state index is 13.4. The largest absolute Gasteiger partial charge is 0.437 e. The van der Waals surface area contributed by atoms with Gasteiger partial charge in [-0.1, -0.05) is 36.7 Å². The molecule has 0 unspecified atom stereocenters. The van der Waals surface area contributed by atoms with E-state index in [2.05, 4.69) is 42.7 Å². The number of aromatic nitrogens is 3. The molecule has 35 heavy (non-hydrogen) atoms. The van der Waals surface area contributed by atoms with Crippen molar-refractivity contribution in [3.8, 4) is 6.07 Å². The summed E-state index contributed by atoms with van der Waals surface area (Å²) >= 11 is 3.40. The molecule has 2 fully saturated rings. The van der Waals surface area contributed by atoms with E-state index >= 15 is 0 Å². The van der Waals surface area contributed by atoms with E-state index in [1.165, 1.54) is 6.08 Å². The molecule has 2 heterocycles. The van der Waals surface area contributed by atoms with Crippen LogP contribution in [0.15, 0.2) is 38.9 Å². The molecule has 5 rings (SSSR count). The highest BCUT2D eigenvalue weighted by atomic mass is 79.9. The van der Waals surface area contributed by atoms with Gasteiger partial charge in [-0.15, -0.1) is 0 Å². The molecule has 0 aliphatic heterocycles. The Morgan fingerprint density at radius 3 is 2.66 bits per heavy atom. The summed E-state index contributed by atoms with van der Waals surface area (Å²) in [4.78, 5) is 30.9. The van der Waals surface area contributed by atoms with E-state index in [1.54, 1.807) is 22.9 Å². The van der Waals surface area contributed by atoms with Crippen molar-refractivity contribution in [3.63, 3.8) is 0 Å². The van der Waals surface area contributed by atoms with Gasteiger partial charge in [0.15, 0.2) is 5.58 Å². The van der Waals surface area contributed by atoms with Crippen LogP contribution in [-0.4, -0.2) is 32.1 Å². The van der Waals surface area contributed by atoms with E-state index < -0.39 is 17.4 Å². The van der Waals surface area contributed by atoms with Crippen molar-refractivity contribution in [2.75, 3.05) is 0 Å². The van der Waals surface area contributed by atoms with E-state index in [4.69, 9.17) is 4.42 Å². The van der Waals surface area contributed by atoms with Gasteiger partial charge in [0.25, 0.3) is 11.8 Å². The Morgan fingerprint density at radius 1 is 1.29 bits per heavy atom. The van der Waals surface area contributed by atoms with Gasteiger partial charge in [-0.2, -0.15) is 10.4 Å². The van der Waals surface area contributed by atoms with Crippen molar-refractivity contribution in [1.82, 2.24) is 25.4 Å². The maximum absolute atomic E-state index is 13.4. The van der Waals surface area contributed by atoms with Gasteiger partial charge >= 0.3 is 0 Å². The van der Waals surface area contributed by atoms with E-state index in [-0.39, 0.29) is 23.0 Å².